The minimum absolute atomic E-state index is 0.00565. The lowest BCUT2D eigenvalue weighted by molar-refractivity contribution is 0.0985. The van der Waals surface area contributed by atoms with Crippen LogP contribution in [0.15, 0.2) is 102 Å². The molecule has 0 aliphatic rings. The molecule has 0 N–H and O–H groups in total. The van der Waals surface area contributed by atoms with Gasteiger partial charge in [0, 0.05) is 36.4 Å². The minimum Gasteiger partial charge on any atom is -0.329 e. The van der Waals surface area contributed by atoms with Crippen LogP contribution in [-0.2, 0) is 19.3 Å². The van der Waals surface area contributed by atoms with Crippen molar-refractivity contribution >= 4 is 23.4 Å². The maximum atomic E-state index is 13.5. The molecule has 1 heterocycles. The average molecular weight is 414 g/mol. The SMILES string of the molecule is Cn1ccnc1SCc1cccc(C(=O)N(Cc2ccccc2)c2ccccc2)c1. The van der Waals surface area contributed by atoms with Crippen molar-refractivity contribution in [3.05, 3.63) is 114 Å². The van der Waals surface area contributed by atoms with Crippen molar-refractivity contribution in [3.8, 4) is 0 Å². The van der Waals surface area contributed by atoms with E-state index in [1.807, 2.05) is 102 Å². The van der Waals surface area contributed by atoms with Gasteiger partial charge in [-0.3, -0.25) is 4.79 Å². The zero-order valence-electron chi connectivity index (χ0n) is 16.8. The summed E-state index contributed by atoms with van der Waals surface area (Å²) < 4.78 is 2.00. The van der Waals surface area contributed by atoms with Gasteiger partial charge in [-0.15, -0.1) is 0 Å². The van der Waals surface area contributed by atoms with Crippen LogP contribution in [0.1, 0.15) is 21.5 Å². The highest BCUT2D eigenvalue weighted by atomic mass is 32.2. The van der Waals surface area contributed by atoms with Gasteiger partial charge in [0.05, 0.1) is 6.54 Å². The number of anilines is 1. The lowest BCUT2D eigenvalue weighted by atomic mass is 10.1. The molecule has 0 fully saturated rings. The van der Waals surface area contributed by atoms with E-state index >= 15 is 0 Å². The molecular formula is C25H23N3OS. The van der Waals surface area contributed by atoms with E-state index in [-0.39, 0.29) is 5.91 Å². The molecule has 1 amide bonds. The molecule has 0 radical (unpaired) electrons. The van der Waals surface area contributed by atoms with E-state index in [0.717, 1.165) is 27.7 Å². The molecule has 0 aliphatic heterocycles. The summed E-state index contributed by atoms with van der Waals surface area (Å²) in [5, 5.41) is 0.960. The highest BCUT2D eigenvalue weighted by Crippen LogP contribution is 2.23. The molecule has 0 spiro atoms. The third kappa shape index (κ3) is 4.81. The van der Waals surface area contributed by atoms with Gasteiger partial charge in [0.1, 0.15) is 0 Å². The maximum Gasteiger partial charge on any atom is 0.258 e. The molecule has 0 atom stereocenters. The van der Waals surface area contributed by atoms with Gasteiger partial charge in [-0.2, -0.15) is 0 Å². The van der Waals surface area contributed by atoms with Gasteiger partial charge < -0.3 is 9.47 Å². The predicted octanol–water partition coefficient (Wildman–Crippen LogP) is 5.56. The van der Waals surface area contributed by atoms with E-state index in [4.69, 9.17) is 0 Å². The highest BCUT2D eigenvalue weighted by Gasteiger charge is 2.18. The summed E-state index contributed by atoms with van der Waals surface area (Å²) in [6, 6.07) is 27.8. The van der Waals surface area contributed by atoms with Crippen molar-refractivity contribution in [2.45, 2.75) is 17.5 Å². The smallest absolute Gasteiger partial charge is 0.258 e. The van der Waals surface area contributed by atoms with Crippen molar-refractivity contribution in [1.82, 2.24) is 9.55 Å². The van der Waals surface area contributed by atoms with Crippen LogP contribution >= 0.6 is 11.8 Å². The summed E-state index contributed by atoms with van der Waals surface area (Å²) in [6.07, 6.45) is 3.73. The fraction of sp³-hybridized carbons (Fsp3) is 0.120. The Bertz CT molecular complexity index is 1110. The lowest BCUT2D eigenvalue weighted by Gasteiger charge is -2.23. The molecule has 4 aromatic rings. The van der Waals surface area contributed by atoms with Crippen molar-refractivity contribution in [3.63, 3.8) is 0 Å². The topological polar surface area (TPSA) is 38.1 Å². The maximum absolute atomic E-state index is 13.5. The Labute approximate surface area is 181 Å². The zero-order chi connectivity index (χ0) is 20.8. The molecule has 5 heteroatoms. The molecule has 4 rings (SSSR count). The fourth-order valence-electron chi connectivity index (χ4n) is 3.24. The van der Waals surface area contributed by atoms with Gasteiger partial charge in [0.15, 0.2) is 5.16 Å². The summed E-state index contributed by atoms with van der Waals surface area (Å²) in [5.41, 5.74) is 3.77. The average Bonchev–Trinajstić information content (AvgIpc) is 3.22. The Kier molecular flexibility index (Phi) is 6.30. The first kappa shape index (κ1) is 20.0. The number of rotatable bonds is 7. The predicted molar refractivity (Wildman–Crippen MR) is 123 cm³/mol. The molecule has 1 aromatic heterocycles. The Hall–Kier alpha value is -3.31. The van der Waals surface area contributed by atoms with E-state index in [1.54, 1.807) is 18.0 Å². The highest BCUT2D eigenvalue weighted by molar-refractivity contribution is 7.98. The van der Waals surface area contributed by atoms with E-state index in [2.05, 4.69) is 11.1 Å². The van der Waals surface area contributed by atoms with Gasteiger partial charge in [-0.25, -0.2) is 4.98 Å². The number of aromatic nitrogens is 2. The van der Waals surface area contributed by atoms with Crippen molar-refractivity contribution < 1.29 is 4.79 Å². The van der Waals surface area contributed by atoms with Gasteiger partial charge in [0.25, 0.3) is 5.91 Å². The van der Waals surface area contributed by atoms with Crippen LogP contribution in [0.4, 0.5) is 5.69 Å². The molecule has 30 heavy (non-hydrogen) atoms. The molecule has 150 valence electrons. The molecule has 4 nitrogen and oxygen atoms in total. The van der Waals surface area contributed by atoms with Crippen LogP contribution in [0, 0.1) is 0 Å². The summed E-state index contributed by atoms with van der Waals surface area (Å²) >= 11 is 1.66. The minimum atomic E-state index is -0.00565. The normalized spacial score (nSPS) is 10.7. The molecule has 0 saturated heterocycles. The number of thioether (sulfide) groups is 1. The van der Waals surface area contributed by atoms with Crippen LogP contribution < -0.4 is 4.90 Å². The summed E-state index contributed by atoms with van der Waals surface area (Å²) in [6.45, 7) is 0.524. The van der Waals surface area contributed by atoms with Crippen LogP contribution in [-0.4, -0.2) is 15.5 Å². The number of carbonyl (C=O) groups excluding carboxylic acids is 1. The van der Waals surface area contributed by atoms with Crippen molar-refractivity contribution in [1.29, 1.82) is 0 Å². The monoisotopic (exact) mass is 413 g/mol. The Morgan fingerprint density at radius 1 is 0.933 bits per heavy atom. The zero-order valence-corrected chi connectivity index (χ0v) is 17.6. The quantitative estimate of drug-likeness (QED) is 0.372. The summed E-state index contributed by atoms with van der Waals surface area (Å²) in [5.74, 6) is 0.754. The van der Waals surface area contributed by atoms with Crippen LogP contribution in [0.5, 0.6) is 0 Å². The van der Waals surface area contributed by atoms with Crippen LogP contribution in [0.25, 0.3) is 0 Å². The van der Waals surface area contributed by atoms with Gasteiger partial charge >= 0.3 is 0 Å². The van der Waals surface area contributed by atoms with Gasteiger partial charge in [-0.05, 0) is 35.4 Å². The van der Waals surface area contributed by atoms with E-state index in [9.17, 15) is 4.79 Å². The third-order valence-electron chi connectivity index (χ3n) is 4.82. The first-order valence-electron chi connectivity index (χ1n) is 9.80. The number of benzene rings is 3. The second kappa shape index (κ2) is 9.46. The Balaban J connectivity index is 1.57. The number of nitrogens with zero attached hydrogens (tertiary/aromatic N) is 3. The molecule has 0 saturated carbocycles. The molecule has 0 unspecified atom stereocenters. The first-order valence-corrected chi connectivity index (χ1v) is 10.8. The fourth-order valence-corrected chi connectivity index (χ4v) is 4.12. The van der Waals surface area contributed by atoms with Gasteiger partial charge in [0.2, 0.25) is 0 Å². The van der Waals surface area contributed by atoms with Crippen molar-refractivity contribution in [2.75, 3.05) is 4.90 Å². The van der Waals surface area contributed by atoms with Crippen LogP contribution in [0.3, 0.4) is 0 Å². The number of carbonyl (C=O) groups is 1. The van der Waals surface area contributed by atoms with Crippen LogP contribution in [0.2, 0.25) is 0 Å². The number of aryl methyl sites for hydroxylation is 1. The summed E-state index contributed by atoms with van der Waals surface area (Å²) in [7, 11) is 1.98. The Morgan fingerprint density at radius 2 is 1.63 bits per heavy atom. The molecular weight excluding hydrogens is 390 g/mol. The lowest BCUT2D eigenvalue weighted by Crippen LogP contribution is -2.30. The second-order valence-electron chi connectivity index (χ2n) is 7.02. The molecule has 0 bridgehead atoms. The van der Waals surface area contributed by atoms with Gasteiger partial charge in [-0.1, -0.05) is 72.4 Å². The molecule has 3 aromatic carbocycles. The number of amides is 1. The van der Waals surface area contributed by atoms with E-state index < -0.39 is 0 Å². The number of hydrogen-bond donors (Lipinski definition) is 0. The van der Waals surface area contributed by atoms with E-state index in [0.29, 0.717) is 12.1 Å². The number of para-hydroxylation sites is 1. The Morgan fingerprint density at radius 3 is 2.33 bits per heavy atom. The standard InChI is InChI=1S/C25H23N3OS/c1-27-16-15-26-25(27)30-19-21-11-8-12-22(17-21)24(29)28(23-13-6-3-7-14-23)18-20-9-4-2-5-10-20/h2-17H,18-19H2,1H3. The first-order chi connectivity index (χ1) is 14.7. The number of hydrogen-bond acceptors (Lipinski definition) is 3. The molecule has 0 aliphatic carbocycles. The second-order valence-corrected chi connectivity index (χ2v) is 7.96. The third-order valence-corrected chi connectivity index (χ3v) is 5.94. The number of imidazole rings is 1. The van der Waals surface area contributed by atoms with Crippen molar-refractivity contribution in [2.24, 2.45) is 7.05 Å². The van der Waals surface area contributed by atoms with E-state index in [1.165, 1.54) is 0 Å². The summed E-state index contributed by atoms with van der Waals surface area (Å²) in [4.78, 5) is 19.7. The largest absolute Gasteiger partial charge is 0.329 e.